The average Bonchev–Trinajstić information content (AvgIpc) is 3.07. The highest BCUT2D eigenvalue weighted by molar-refractivity contribution is 6.04. The third-order valence-electron chi connectivity index (χ3n) is 5.11. The van der Waals surface area contributed by atoms with E-state index in [1.807, 2.05) is 35.8 Å². The summed E-state index contributed by atoms with van der Waals surface area (Å²) in [5, 5.41) is 2.95. The van der Waals surface area contributed by atoms with E-state index in [4.69, 9.17) is 0 Å². The van der Waals surface area contributed by atoms with E-state index in [2.05, 4.69) is 17.2 Å². The van der Waals surface area contributed by atoms with Gasteiger partial charge in [0.05, 0.1) is 5.69 Å². The molecule has 2 amide bonds. The zero-order valence-corrected chi connectivity index (χ0v) is 16.4. The number of carbonyl (C=O) groups is 2. The third kappa shape index (κ3) is 4.04. The van der Waals surface area contributed by atoms with Crippen molar-refractivity contribution in [3.63, 3.8) is 0 Å². The number of anilines is 1. The van der Waals surface area contributed by atoms with Crippen LogP contribution >= 0.6 is 0 Å². The number of benzene rings is 1. The molecule has 0 saturated heterocycles. The van der Waals surface area contributed by atoms with Crippen LogP contribution < -0.4 is 5.32 Å². The second kappa shape index (κ2) is 8.37. The van der Waals surface area contributed by atoms with Crippen LogP contribution in [0.2, 0.25) is 0 Å². The number of carbonyl (C=O) groups excluding carboxylic acids is 2. The summed E-state index contributed by atoms with van der Waals surface area (Å²) in [6.45, 7) is 5.48. The van der Waals surface area contributed by atoms with Gasteiger partial charge in [0.15, 0.2) is 5.82 Å². The van der Waals surface area contributed by atoms with Gasteiger partial charge in [0.25, 0.3) is 11.8 Å². The van der Waals surface area contributed by atoms with E-state index in [9.17, 15) is 9.59 Å². The molecule has 0 aliphatic carbocycles. The van der Waals surface area contributed by atoms with Crippen LogP contribution in [0.1, 0.15) is 65.0 Å². The standard InChI is InChI=1S/C21H28N4O2/c1-4-5-13-24(3)21(27)18-17-12-8-9-14-25(17)19(23-18)20(26)22-16-11-7-6-10-15(16)2/h6-7,10-11H,4-5,8-9,12-14H2,1-3H3,(H,22,26). The monoisotopic (exact) mass is 368 g/mol. The van der Waals surface area contributed by atoms with Crippen LogP contribution in [0.4, 0.5) is 5.69 Å². The number of aryl methyl sites for hydroxylation is 1. The lowest BCUT2D eigenvalue weighted by Crippen LogP contribution is -2.29. The molecule has 1 N–H and O–H groups in total. The van der Waals surface area contributed by atoms with Crippen molar-refractivity contribution >= 4 is 17.5 Å². The highest BCUT2D eigenvalue weighted by Gasteiger charge is 2.29. The van der Waals surface area contributed by atoms with E-state index < -0.39 is 0 Å². The first-order chi connectivity index (χ1) is 13.0. The molecule has 1 aromatic heterocycles. The zero-order valence-electron chi connectivity index (χ0n) is 16.4. The van der Waals surface area contributed by atoms with Crippen LogP contribution in [0.15, 0.2) is 24.3 Å². The van der Waals surface area contributed by atoms with Crippen LogP contribution in [0.25, 0.3) is 0 Å². The Kier molecular flexibility index (Phi) is 5.94. The second-order valence-electron chi connectivity index (χ2n) is 7.19. The van der Waals surface area contributed by atoms with Gasteiger partial charge in [0.2, 0.25) is 0 Å². The highest BCUT2D eigenvalue weighted by Crippen LogP contribution is 2.23. The molecule has 1 aliphatic rings. The van der Waals surface area contributed by atoms with E-state index in [1.165, 1.54) is 0 Å². The number of unbranched alkanes of at least 4 members (excludes halogenated alkanes) is 1. The van der Waals surface area contributed by atoms with E-state index in [1.54, 1.807) is 11.9 Å². The molecule has 0 bridgehead atoms. The predicted octanol–water partition coefficient (Wildman–Crippen LogP) is 3.65. The summed E-state index contributed by atoms with van der Waals surface area (Å²) in [7, 11) is 1.81. The number of nitrogens with zero attached hydrogens (tertiary/aromatic N) is 3. The number of hydrogen-bond donors (Lipinski definition) is 1. The Morgan fingerprint density at radius 2 is 2.04 bits per heavy atom. The van der Waals surface area contributed by atoms with Gasteiger partial charge in [-0.3, -0.25) is 9.59 Å². The largest absolute Gasteiger partial charge is 0.340 e. The van der Waals surface area contributed by atoms with Crippen LogP contribution in [-0.2, 0) is 13.0 Å². The van der Waals surface area contributed by atoms with Crippen LogP contribution in [0, 0.1) is 6.92 Å². The molecule has 2 aromatic rings. The third-order valence-corrected chi connectivity index (χ3v) is 5.11. The molecule has 0 radical (unpaired) electrons. The maximum Gasteiger partial charge on any atom is 0.291 e. The number of rotatable bonds is 6. The van der Waals surface area contributed by atoms with E-state index in [0.717, 1.165) is 55.6 Å². The molecule has 0 unspecified atom stereocenters. The average molecular weight is 368 g/mol. The molecule has 0 saturated carbocycles. The van der Waals surface area contributed by atoms with Crippen molar-refractivity contribution < 1.29 is 9.59 Å². The molecule has 0 atom stereocenters. The van der Waals surface area contributed by atoms with Gasteiger partial charge in [0.1, 0.15) is 5.69 Å². The molecule has 1 aromatic carbocycles. The lowest BCUT2D eigenvalue weighted by molar-refractivity contribution is 0.0786. The van der Waals surface area contributed by atoms with E-state index in [-0.39, 0.29) is 11.8 Å². The van der Waals surface area contributed by atoms with Crippen molar-refractivity contribution in [3.8, 4) is 0 Å². The number of hydrogen-bond acceptors (Lipinski definition) is 3. The summed E-state index contributed by atoms with van der Waals surface area (Å²) >= 11 is 0. The van der Waals surface area contributed by atoms with Gasteiger partial charge in [-0.25, -0.2) is 4.98 Å². The fourth-order valence-corrected chi connectivity index (χ4v) is 3.46. The van der Waals surface area contributed by atoms with Crippen molar-refractivity contribution in [3.05, 3.63) is 47.0 Å². The number of amides is 2. The summed E-state index contributed by atoms with van der Waals surface area (Å²) < 4.78 is 1.93. The van der Waals surface area contributed by atoms with Crippen LogP contribution in [0.5, 0.6) is 0 Å². The van der Waals surface area contributed by atoms with Crippen LogP contribution in [-0.4, -0.2) is 39.9 Å². The van der Waals surface area contributed by atoms with Crippen molar-refractivity contribution in [2.45, 2.75) is 52.5 Å². The predicted molar refractivity (Wildman–Crippen MR) is 106 cm³/mol. The molecular weight excluding hydrogens is 340 g/mol. The molecule has 0 spiro atoms. The molecule has 6 nitrogen and oxygen atoms in total. The number of nitrogens with one attached hydrogen (secondary N) is 1. The van der Waals surface area contributed by atoms with Gasteiger partial charge in [-0.05, 0) is 44.2 Å². The Hall–Kier alpha value is -2.63. The number of aromatic nitrogens is 2. The van der Waals surface area contributed by atoms with Gasteiger partial charge in [-0.1, -0.05) is 31.5 Å². The van der Waals surface area contributed by atoms with Crippen molar-refractivity contribution in [1.29, 1.82) is 0 Å². The Balaban J connectivity index is 1.90. The minimum Gasteiger partial charge on any atom is -0.340 e. The number of fused-ring (bicyclic) bond motifs is 1. The summed E-state index contributed by atoms with van der Waals surface area (Å²) in [5.74, 6) is -0.0213. The van der Waals surface area contributed by atoms with Crippen molar-refractivity contribution in [1.82, 2.24) is 14.5 Å². The maximum atomic E-state index is 12.9. The molecule has 6 heteroatoms. The fourth-order valence-electron chi connectivity index (χ4n) is 3.46. The molecule has 1 aliphatic heterocycles. The van der Waals surface area contributed by atoms with Crippen LogP contribution in [0.3, 0.4) is 0 Å². The van der Waals surface area contributed by atoms with Gasteiger partial charge in [0, 0.05) is 25.8 Å². The Bertz CT molecular complexity index is 841. The van der Waals surface area contributed by atoms with Gasteiger partial charge >= 0.3 is 0 Å². The topological polar surface area (TPSA) is 67.2 Å². The zero-order chi connectivity index (χ0) is 19.4. The van der Waals surface area contributed by atoms with Crippen molar-refractivity contribution in [2.24, 2.45) is 0 Å². The van der Waals surface area contributed by atoms with Crippen molar-refractivity contribution in [2.75, 3.05) is 18.9 Å². The normalized spacial score (nSPS) is 13.1. The van der Waals surface area contributed by atoms with Gasteiger partial charge < -0.3 is 14.8 Å². The summed E-state index contributed by atoms with van der Waals surface area (Å²) in [5.41, 5.74) is 3.09. The number of imidazole rings is 1. The SMILES string of the molecule is CCCCN(C)C(=O)c1nc(C(=O)Nc2ccccc2C)n2c1CCCC2. The molecule has 2 heterocycles. The molecule has 144 valence electrons. The minimum absolute atomic E-state index is 0.0935. The Morgan fingerprint density at radius 1 is 1.26 bits per heavy atom. The molecule has 27 heavy (non-hydrogen) atoms. The highest BCUT2D eigenvalue weighted by atomic mass is 16.2. The Labute approximate surface area is 160 Å². The maximum absolute atomic E-state index is 12.9. The lowest BCUT2D eigenvalue weighted by atomic mass is 10.1. The number of para-hydroxylation sites is 1. The van der Waals surface area contributed by atoms with E-state index >= 15 is 0 Å². The smallest absolute Gasteiger partial charge is 0.291 e. The summed E-state index contributed by atoms with van der Waals surface area (Å²) in [6, 6.07) is 7.65. The van der Waals surface area contributed by atoms with Gasteiger partial charge in [-0.15, -0.1) is 0 Å². The molecule has 3 rings (SSSR count). The first kappa shape index (κ1) is 19.1. The molecule has 0 fully saturated rings. The molecular formula is C21H28N4O2. The van der Waals surface area contributed by atoms with E-state index in [0.29, 0.717) is 18.1 Å². The first-order valence-electron chi connectivity index (χ1n) is 9.74. The van der Waals surface area contributed by atoms with Gasteiger partial charge in [-0.2, -0.15) is 0 Å². The second-order valence-corrected chi connectivity index (χ2v) is 7.19. The summed E-state index contributed by atoms with van der Waals surface area (Å²) in [6.07, 6.45) is 4.78. The first-order valence-corrected chi connectivity index (χ1v) is 9.74. The minimum atomic E-state index is -0.261. The summed E-state index contributed by atoms with van der Waals surface area (Å²) in [4.78, 5) is 32.0. The fraction of sp³-hybridized carbons (Fsp3) is 0.476. The Morgan fingerprint density at radius 3 is 2.78 bits per heavy atom. The quantitative estimate of drug-likeness (QED) is 0.846. The lowest BCUT2D eigenvalue weighted by Gasteiger charge is -2.19.